The van der Waals surface area contributed by atoms with Gasteiger partial charge < -0.3 is 10.6 Å². The average Bonchev–Trinajstić information content (AvgIpc) is 2.95. The molecule has 0 bridgehead atoms. The number of halogens is 1. The third kappa shape index (κ3) is 4.53. The zero-order valence-corrected chi connectivity index (χ0v) is 12.8. The van der Waals surface area contributed by atoms with Crippen LogP contribution in [0.25, 0.3) is 0 Å². The normalized spacial score (nSPS) is 13.5. The van der Waals surface area contributed by atoms with Gasteiger partial charge in [0.1, 0.15) is 10.8 Å². The van der Waals surface area contributed by atoms with Crippen molar-refractivity contribution in [1.29, 1.82) is 0 Å². The molecule has 21 heavy (non-hydrogen) atoms. The Morgan fingerprint density at radius 3 is 2.76 bits per heavy atom. The average molecular weight is 307 g/mol. The molecule has 4 nitrogen and oxygen atoms in total. The molecule has 0 aliphatic heterocycles. The van der Waals surface area contributed by atoms with Gasteiger partial charge in [-0.05, 0) is 31.9 Å². The molecular weight excluding hydrogens is 289 g/mol. The quantitative estimate of drug-likeness (QED) is 0.890. The number of nitrogens with zero attached hydrogens (tertiary/aromatic N) is 1. The molecule has 0 saturated heterocycles. The number of carbonyl (C=O) groups excluding carboxylic acids is 1. The molecule has 0 aliphatic rings. The second kappa shape index (κ2) is 7.17. The van der Waals surface area contributed by atoms with Crippen LogP contribution in [0.2, 0.25) is 0 Å². The molecule has 2 aromatic rings. The SMILES string of the molecule is C[C@@H](Cc1ccccc1F)NC(=O)N[C@H](C)c1nccs1. The van der Waals surface area contributed by atoms with Crippen LogP contribution < -0.4 is 10.6 Å². The van der Waals surface area contributed by atoms with Crippen molar-refractivity contribution in [2.75, 3.05) is 0 Å². The molecule has 0 radical (unpaired) electrons. The predicted molar refractivity (Wildman–Crippen MR) is 81.8 cm³/mol. The third-order valence-corrected chi connectivity index (χ3v) is 3.99. The van der Waals surface area contributed by atoms with Crippen LogP contribution >= 0.6 is 11.3 Å². The summed E-state index contributed by atoms with van der Waals surface area (Å²) >= 11 is 1.49. The van der Waals surface area contributed by atoms with E-state index in [1.807, 2.05) is 19.2 Å². The van der Waals surface area contributed by atoms with Gasteiger partial charge in [0.25, 0.3) is 0 Å². The topological polar surface area (TPSA) is 54.0 Å². The van der Waals surface area contributed by atoms with E-state index in [1.165, 1.54) is 17.4 Å². The summed E-state index contributed by atoms with van der Waals surface area (Å²) in [4.78, 5) is 16.0. The number of benzene rings is 1. The van der Waals surface area contributed by atoms with E-state index in [0.717, 1.165) is 5.01 Å². The molecule has 0 saturated carbocycles. The number of hydrogen-bond acceptors (Lipinski definition) is 3. The minimum absolute atomic E-state index is 0.148. The van der Waals surface area contributed by atoms with Gasteiger partial charge in [-0.2, -0.15) is 0 Å². The molecule has 2 rings (SSSR count). The van der Waals surface area contributed by atoms with Crippen molar-refractivity contribution in [1.82, 2.24) is 15.6 Å². The summed E-state index contributed by atoms with van der Waals surface area (Å²) in [6, 6.07) is 6.00. The summed E-state index contributed by atoms with van der Waals surface area (Å²) in [5, 5.41) is 8.35. The molecule has 6 heteroatoms. The molecule has 1 aromatic heterocycles. The first-order valence-electron chi connectivity index (χ1n) is 6.76. The highest BCUT2D eigenvalue weighted by molar-refractivity contribution is 7.09. The van der Waals surface area contributed by atoms with Gasteiger partial charge in [0.2, 0.25) is 0 Å². The van der Waals surface area contributed by atoms with Crippen LogP contribution in [-0.4, -0.2) is 17.1 Å². The van der Waals surface area contributed by atoms with Gasteiger partial charge in [-0.25, -0.2) is 14.2 Å². The lowest BCUT2D eigenvalue weighted by molar-refractivity contribution is 0.234. The van der Waals surface area contributed by atoms with Crippen LogP contribution in [0.5, 0.6) is 0 Å². The van der Waals surface area contributed by atoms with Crippen molar-refractivity contribution in [3.63, 3.8) is 0 Å². The zero-order chi connectivity index (χ0) is 15.2. The lowest BCUT2D eigenvalue weighted by Crippen LogP contribution is -2.42. The van der Waals surface area contributed by atoms with Gasteiger partial charge >= 0.3 is 6.03 Å². The van der Waals surface area contributed by atoms with Crippen molar-refractivity contribution in [2.24, 2.45) is 0 Å². The molecule has 112 valence electrons. The lowest BCUT2D eigenvalue weighted by Gasteiger charge is -2.17. The fraction of sp³-hybridized carbons (Fsp3) is 0.333. The Balaban J connectivity index is 1.83. The fourth-order valence-corrected chi connectivity index (χ4v) is 2.66. The summed E-state index contributed by atoms with van der Waals surface area (Å²) in [5.41, 5.74) is 0.596. The molecule has 0 fully saturated rings. The second-order valence-corrected chi connectivity index (χ2v) is 5.83. The molecule has 2 amide bonds. The summed E-state index contributed by atoms with van der Waals surface area (Å²) in [5.74, 6) is -0.247. The highest BCUT2D eigenvalue weighted by Gasteiger charge is 2.14. The molecule has 2 N–H and O–H groups in total. The number of aromatic nitrogens is 1. The van der Waals surface area contributed by atoms with Crippen LogP contribution in [0.3, 0.4) is 0 Å². The minimum atomic E-state index is -0.276. The van der Waals surface area contributed by atoms with E-state index in [9.17, 15) is 9.18 Å². The van der Waals surface area contributed by atoms with Gasteiger partial charge in [-0.1, -0.05) is 18.2 Å². The van der Waals surface area contributed by atoms with E-state index >= 15 is 0 Å². The summed E-state index contributed by atoms with van der Waals surface area (Å²) in [6.45, 7) is 3.72. The summed E-state index contributed by atoms with van der Waals surface area (Å²) in [7, 11) is 0. The van der Waals surface area contributed by atoms with Crippen LogP contribution in [-0.2, 0) is 6.42 Å². The van der Waals surface area contributed by atoms with E-state index in [-0.39, 0.29) is 23.9 Å². The number of rotatable bonds is 5. The van der Waals surface area contributed by atoms with Gasteiger partial charge in [0.05, 0.1) is 6.04 Å². The Bertz CT molecular complexity index is 588. The van der Waals surface area contributed by atoms with Gasteiger partial charge in [-0.3, -0.25) is 0 Å². The number of amides is 2. The zero-order valence-electron chi connectivity index (χ0n) is 12.0. The Kier molecular flexibility index (Phi) is 5.27. The summed E-state index contributed by atoms with van der Waals surface area (Å²) < 4.78 is 13.5. The van der Waals surface area contributed by atoms with Crippen molar-refractivity contribution in [3.8, 4) is 0 Å². The van der Waals surface area contributed by atoms with Crippen LogP contribution in [0.1, 0.15) is 30.5 Å². The summed E-state index contributed by atoms with van der Waals surface area (Å²) in [6.07, 6.45) is 2.16. The van der Waals surface area contributed by atoms with E-state index in [1.54, 1.807) is 24.4 Å². The molecule has 1 aromatic carbocycles. The van der Waals surface area contributed by atoms with E-state index in [0.29, 0.717) is 12.0 Å². The molecule has 2 atom stereocenters. The number of carbonyl (C=O) groups is 1. The Hall–Kier alpha value is -1.95. The van der Waals surface area contributed by atoms with E-state index in [4.69, 9.17) is 0 Å². The maximum atomic E-state index is 13.5. The van der Waals surface area contributed by atoms with Crippen LogP contribution in [0.15, 0.2) is 35.8 Å². The highest BCUT2D eigenvalue weighted by atomic mass is 32.1. The van der Waals surface area contributed by atoms with Crippen molar-refractivity contribution in [3.05, 3.63) is 52.2 Å². The first-order chi connectivity index (χ1) is 10.1. The Labute approximate surface area is 127 Å². The number of thiazole rings is 1. The monoisotopic (exact) mass is 307 g/mol. The minimum Gasteiger partial charge on any atom is -0.335 e. The van der Waals surface area contributed by atoms with Gasteiger partial charge in [0.15, 0.2) is 0 Å². The number of hydrogen-bond donors (Lipinski definition) is 2. The number of urea groups is 1. The van der Waals surface area contributed by atoms with Crippen molar-refractivity contribution in [2.45, 2.75) is 32.4 Å². The van der Waals surface area contributed by atoms with E-state index < -0.39 is 0 Å². The maximum Gasteiger partial charge on any atom is 0.315 e. The highest BCUT2D eigenvalue weighted by Crippen LogP contribution is 2.14. The second-order valence-electron chi connectivity index (χ2n) is 4.91. The Morgan fingerprint density at radius 1 is 1.33 bits per heavy atom. The standard InChI is InChI=1S/C15H18FN3OS/c1-10(9-12-5-3-4-6-13(12)16)18-15(20)19-11(2)14-17-7-8-21-14/h3-8,10-11H,9H2,1-2H3,(H2,18,19,20)/t10-,11+/m0/s1. The van der Waals surface area contributed by atoms with Crippen molar-refractivity contribution >= 4 is 17.4 Å². The first-order valence-corrected chi connectivity index (χ1v) is 7.64. The fourth-order valence-electron chi connectivity index (χ4n) is 2.02. The molecule has 0 spiro atoms. The molecule has 0 aliphatic carbocycles. The first kappa shape index (κ1) is 15.4. The van der Waals surface area contributed by atoms with Gasteiger partial charge in [-0.15, -0.1) is 11.3 Å². The van der Waals surface area contributed by atoms with Crippen LogP contribution in [0.4, 0.5) is 9.18 Å². The number of nitrogens with one attached hydrogen (secondary N) is 2. The van der Waals surface area contributed by atoms with Crippen LogP contribution in [0, 0.1) is 5.82 Å². The lowest BCUT2D eigenvalue weighted by atomic mass is 10.1. The van der Waals surface area contributed by atoms with E-state index in [2.05, 4.69) is 15.6 Å². The molecule has 1 heterocycles. The van der Waals surface area contributed by atoms with Gasteiger partial charge in [0, 0.05) is 17.6 Å². The maximum absolute atomic E-state index is 13.5. The molecule has 0 unspecified atom stereocenters. The Morgan fingerprint density at radius 2 is 2.10 bits per heavy atom. The third-order valence-electron chi connectivity index (χ3n) is 3.03. The largest absolute Gasteiger partial charge is 0.335 e. The smallest absolute Gasteiger partial charge is 0.315 e. The molecular formula is C15H18FN3OS. The predicted octanol–water partition coefficient (Wildman–Crippen LogP) is 3.27. The van der Waals surface area contributed by atoms with Crippen molar-refractivity contribution < 1.29 is 9.18 Å².